The first kappa shape index (κ1) is 12.5. The maximum absolute atomic E-state index is 11.7. The molecule has 2 rings (SSSR count). The van der Waals surface area contributed by atoms with E-state index in [9.17, 15) is 9.59 Å². The van der Waals surface area contributed by atoms with Crippen LogP contribution in [-0.2, 0) is 21.0 Å². The van der Waals surface area contributed by atoms with Crippen molar-refractivity contribution >= 4 is 28.9 Å². The molecule has 1 aromatic heterocycles. The summed E-state index contributed by atoms with van der Waals surface area (Å²) in [6.45, 7) is 2.18. The largest absolute Gasteiger partial charge is 0.477 e. The molecule has 1 unspecified atom stereocenters. The zero-order chi connectivity index (χ0) is 13.1. The molecule has 7 nitrogen and oxygen atoms in total. The first-order chi connectivity index (χ1) is 8.56. The summed E-state index contributed by atoms with van der Waals surface area (Å²) in [4.78, 5) is 31.2. The van der Waals surface area contributed by atoms with Gasteiger partial charge in [-0.3, -0.25) is 4.79 Å². The minimum Gasteiger partial charge on any atom is -0.477 e. The van der Waals surface area contributed by atoms with Crippen molar-refractivity contribution in [3.05, 3.63) is 16.1 Å². The van der Waals surface area contributed by atoms with Crippen LogP contribution < -0.4 is 5.32 Å². The quantitative estimate of drug-likeness (QED) is 0.818. The molecule has 0 radical (unpaired) electrons. The van der Waals surface area contributed by atoms with Crippen LogP contribution in [0.15, 0.2) is 10.5 Å². The average Bonchev–Trinajstić information content (AvgIpc) is 2.94. The highest BCUT2D eigenvalue weighted by atomic mass is 32.1. The van der Waals surface area contributed by atoms with Gasteiger partial charge in [-0.05, 0) is 6.92 Å². The summed E-state index contributed by atoms with van der Waals surface area (Å²) >= 11 is 1.50. The van der Waals surface area contributed by atoms with E-state index in [0.29, 0.717) is 6.54 Å². The van der Waals surface area contributed by atoms with Crippen LogP contribution >= 0.6 is 11.3 Å². The highest BCUT2D eigenvalue weighted by Gasteiger charge is 2.31. The van der Waals surface area contributed by atoms with Crippen LogP contribution in [0.4, 0.5) is 0 Å². The number of carbonyl (C=O) groups is 2. The predicted molar refractivity (Wildman–Crippen MR) is 63.3 cm³/mol. The summed E-state index contributed by atoms with van der Waals surface area (Å²) in [5.41, 5.74) is 0.628. The number of thiazole rings is 1. The van der Waals surface area contributed by atoms with Crippen LogP contribution in [0.3, 0.4) is 0 Å². The summed E-state index contributed by atoms with van der Waals surface area (Å²) in [6.07, 6.45) is -0.882. The number of hydrogen-bond acceptors (Lipinski definition) is 6. The average molecular weight is 269 g/mol. The molecule has 96 valence electrons. The van der Waals surface area contributed by atoms with Crippen molar-refractivity contribution in [3.8, 4) is 0 Å². The zero-order valence-corrected chi connectivity index (χ0v) is 10.4. The molecular weight excluding hydrogens is 258 g/mol. The fourth-order valence-electron chi connectivity index (χ4n) is 1.43. The molecule has 0 aromatic carbocycles. The topological polar surface area (TPSA) is 101 Å². The molecule has 1 aliphatic rings. The molecule has 18 heavy (non-hydrogen) atoms. The van der Waals surface area contributed by atoms with E-state index in [4.69, 9.17) is 9.94 Å². The number of carbonyl (C=O) groups excluding carboxylic acids is 1. The van der Waals surface area contributed by atoms with E-state index in [1.54, 1.807) is 0 Å². The lowest BCUT2D eigenvalue weighted by Crippen LogP contribution is -2.34. The Morgan fingerprint density at radius 1 is 1.67 bits per heavy atom. The molecule has 2 heterocycles. The van der Waals surface area contributed by atoms with Crippen molar-refractivity contribution in [3.63, 3.8) is 0 Å². The molecule has 8 heteroatoms. The number of aliphatic carboxylic acids is 1. The summed E-state index contributed by atoms with van der Waals surface area (Å²) < 4.78 is 0. The van der Waals surface area contributed by atoms with E-state index in [-0.39, 0.29) is 18.0 Å². The lowest BCUT2D eigenvalue weighted by atomic mass is 10.2. The SMILES string of the molecule is Cc1nc(CNC(=O)C2CC(C(=O)O)=NO2)cs1. The third-order valence-electron chi connectivity index (χ3n) is 2.32. The van der Waals surface area contributed by atoms with Gasteiger partial charge < -0.3 is 15.3 Å². The van der Waals surface area contributed by atoms with Crippen molar-refractivity contribution < 1.29 is 19.5 Å². The van der Waals surface area contributed by atoms with Crippen LogP contribution in [0.5, 0.6) is 0 Å². The number of nitrogens with one attached hydrogen (secondary N) is 1. The molecule has 0 saturated heterocycles. The molecular formula is C10H11N3O4S. The summed E-state index contributed by atoms with van der Waals surface area (Å²) in [7, 11) is 0. The molecule has 2 N–H and O–H groups in total. The van der Waals surface area contributed by atoms with Gasteiger partial charge in [0.05, 0.1) is 17.2 Å². The van der Waals surface area contributed by atoms with Crippen molar-refractivity contribution in [2.75, 3.05) is 0 Å². The standard InChI is InChI=1S/C10H11N3O4S/c1-5-12-6(4-18-5)3-11-9(14)8-2-7(10(15)16)13-17-8/h4,8H,2-3H2,1H3,(H,11,14)(H,15,16). The van der Waals surface area contributed by atoms with Gasteiger partial charge in [-0.25, -0.2) is 9.78 Å². The van der Waals surface area contributed by atoms with E-state index < -0.39 is 12.1 Å². The lowest BCUT2D eigenvalue weighted by Gasteiger charge is -2.07. The third-order valence-corrected chi connectivity index (χ3v) is 3.14. The second kappa shape index (κ2) is 5.13. The molecule has 0 fully saturated rings. The van der Waals surface area contributed by atoms with Gasteiger partial charge >= 0.3 is 5.97 Å². The van der Waals surface area contributed by atoms with Gasteiger partial charge in [0.2, 0.25) is 6.10 Å². The normalized spacial score (nSPS) is 18.1. The van der Waals surface area contributed by atoms with E-state index >= 15 is 0 Å². The molecule has 1 amide bonds. The maximum Gasteiger partial charge on any atom is 0.353 e. The van der Waals surface area contributed by atoms with Gasteiger partial charge in [-0.15, -0.1) is 11.3 Å². The molecule has 0 aliphatic carbocycles. The number of hydrogen-bond donors (Lipinski definition) is 2. The van der Waals surface area contributed by atoms with Crippen LogP contribution in [0.1, 0.15) is 17.1 Å². The van der Waals surface area contributed by atoms with Crippen molar-refractivity contribution in [1.29, 1.82) is 0 Å². The van der Waals surface area contributed by atoms with Crippen LogP contribution in [0, 0.1) is 6.92 Å². The van der Waals surface area contributed by atoms with Crippen LogP contribution in [0.25, 0.3) is 0 Å². The Balaban J connectivity index is 1.82. The third kappa shape index (κ3) is 2.83. The Hall–Kier alpha value is -1.96. The van der Waals surface area contributed by atoms with E-state index in [1.807, 2.05) is 12.3 Å². The zero-order valence-electron chi connectivity index (χ0n) is 9.54. The van der Waals surface area contributed by atoms with E-state index in [0.717, 1.165) is 10.7 Å². The summed E-state index contributed by atoms with van der Waals surface area (Å²) in [5, 5.41) is 17.4. The smallest absolute Gasteiger partial charge is 0.353 e. The minimum atomic E-state index is -1.17. The van der Waals surface area contributed by atoms with E-state index in [1.165, 1.54) is 11.3 Å². The fraction of sp³-hybridized carbons (Fsp3) is 0.400. The molecule has 0 bridgehead atoms. The fourth-order valence-corrected chi connectivity index (χ4v) is 2.04. The highest BCUT2D eigenvalue weighted by molar-refractivity contribution is 7.09. The van der Waals surface area contributed by atoms with Crippen LogP contribution in [0.2, 0.25) is 0 Å². The Morgan fingerprint density at radius 2 is 2.44 bits per heavy atom. The van der Waals surface area contributed by atoms with Gasteiger partial charge in [-0.2, -0.15) is 0 Å². The van der Waals surface area contributed by atoms with Crippen molar-refractivity contribution in [2.45, 2.75) is 26.0 Å². The van der Waals surface area contributed by atoms with Crippen molar-refractivity contribution in [2.24, 2.45) is 5.16 Å². The van der Waals surface area contributed by atoms with Gasteiger partial charge in [0, 0.05) is 11.8 Å². The number of oxime groups is 1. The number of carboxylic acid groups (broad SMARTS) is 1. The molecule has 1 atom stereocenters. The Morgan fingerprint density at radius 3 is 3.00 bits per heavy atom. The molecule has 0 spiro atoms. The highest BCUT2D eigenvalue weighted by Crippen LogP contribution is 2.12. The first-order valence-electron chi connectivity index (χ1n) is 5.21. The first-order valence-corrected chi connectivity index (χ1v) is 6.09. The Labute approximate surface area is 106 Å². The second-order valence-electron chi connectivity index (χ2n) is 3.72. The number of amides is 1. The second-order valence-corrected chi connectivity index (χ2v) is 4.78. The number of nitrogens with zero attached hydrogens (tertiary/aromatic N) is 2. The van der Waals surface area contributed by atoms with E-state index in [2.05, 4.69) is 15.5 Å². The van der Waals surface area contributed by atoms with Gasteiger partial charge in [0.15, 0.2) is 5.71 Å². The summed E-state index contributed by atoms with van der Waals surface area (Å²) in [6, 6.07) is 0. The number of aryl methyl sites for hydroxylation is 1. The maximum atomic E-state index is 11.7. The Bertz CT molecular complexity index is 511. The molecule has 0 saturated carbocycles. The summed E-state index contributed by atoms with van der Waals surface area (Å²) in [5.74, 6) is -1.55. The lowest BCUT2D eigenvalue weighted by molar-refractivity contribution is -0.131. The van der Waals surface area contributed by atoms with Crippen molar-refractivity contribution in [1.82, 2.24) is 10.3 Å². The number of rotatable bonds is 4. The molecule has 1 aliphatic heterocycles. The monoisotopic (exact) mass is 269 g/mol. The Kier molecular flexibility index (Phi) is 3.56. The molecule has 1 aromatic rings. The predicted octanol–water partition coefficient (Wildman–Crippen LogP) is 0.297. The van der Waals surface area contributed by atoms with Gasteiger partial charge in [0.25, 0.3) is 5.91 Å². The van der Waals surface area contributed by atoms with Gasteiger partial charge in [-0.1, -0.05) is 5.16 Å². The number of aromatic nitrogens is 1. The van der Waals surface area contributed by atoms with Crippen LogP contribution in [-0.4, -0.2) is 33.8 Å². The minimum absolute atomic E-state index is 0.0166. The van der Waals surface area contributed by atoms with Gasteiger partial charge in [0.1, 0.15) is 0 Å². The number of carboxylic acids is 1.